The number of ketones is 1. The fourth-order valence-corrected chi connectivity index (χ4v) is 4.87. The summed E-state index contributed by atoms with van der Waals surface area (Å²) in [7, 11) is 0. The van der Waals surface area contributed by atoms with Crippen LogP contribution in [0.2, 0.25) is 0 Å². The smallest absolute Gasteiger partial charge is 0.193 e. The maximum atomic E-state index is 13.5. The lowest BCUT2D eigenvalue weighted by Gasteiger charge is -2.37. The molecule has 3 heteroatoms. The molecular weight excluding hydrogens is 370 g/mol. The first-order chi connectivity index (χ1) is 14.7. The van der Waals surface area contributed by atoms with Crippen molar-refractivity contribution in [2.75, 3.05) is 19.7 Å². The number of aliphatic hydroxyl groups is 1. The molecule has 2 aromatic rings. The number of hydrogen-bond donors (Lipinski definition) is 2. The Balaban J connectivity index is 1.77. The number of aryl methyl sites for hydroxylation is 1. The molecule has 2 N–H and O–H groups in total. The zero-order valence-electron chi connectivity index (χ0n) is 17.7. The van der Waals surface area contributed by atoms with Crippen LogP contribution in [0.15, 0.2) is 72.3 Å². The molecule has 1 fully saturated rings. The number of carbonyl (C=O) groups is 1. The lowest BCUT2D eigenvalue weighted by molar-refractivity contribution is 0.103. The Kier molecular flexibility index (Phi) is 6.61. The Hall–Kier alpha value is -2.49. The Morgan fingerprint density at radius 1 is 1.07 bits per heavy atom. The molecule has 1 aliphatic carbocycles. The number of benzene rings is 2. The molecule has 0 spiro atoms. The highest BCUT2D eigenvalue weighted by Gasteiger charge is 2.33. The quantitative estimate of drug-likeness (QED) is 0.683. The Bertz CT molecular complexity index is 921. The highest BCUT2D eigenvalue weighted by atomic mass is 16.3. The second-order valence-electron chi connectivity index (χ2n) is 8.58. The minimum absolute atomic E-state index is 0.0607. The Morgan fingerprint density at radius 2 is 1.83 bits per heavy atom. The lowest BCUT2D eigenvalue weighted by Crippen LogP contribution is -2.37. The molecule has 0 saturated carbocycles. The van der Waals surface area contributed by atoms with Gasteiger partial charge >= 0.3 is 0 Å². The standard InChI is InChI=1S/C27H31NO2/c1-19-9-11-20(12-10-19)25-17-24(23-8-5-14-28-18-23)22(13-15-29)16-26(25)27(30)21-6-3-2-4-7-21/h2-4,6-7,9-12,16-17,22-24,28-29H,5,8,13-15,18H2,1H3. The van der Waals surface area contributed by atoms with E-state index in [0.29, 0.717) is 23.8 Å². The van der Waals surface area contributed by atoms with Crippen molar-refractivity contribution in [2.45, 2.75) is 26.2 Å². The molecule has 1 heterocycles. The Labute approximate surface area is 179 Å². The third-order valence-electron chi connectivity index (χ3n) is 6.51. The first-order valence-corrected chi connectivity index (χ1v) is 11.1. The van der Waals surface area contributed by atoms with E-state index in [9.17, 15) is 9.90 Å². The van der Waals surface area contributed by atoms with Crippen LogP contribution in [0.1, 0.15) is 40.7 Å². The molecule has 2 aliphatic rings. The number of rotatable bonds is 6. The minimum Gasteiger partial charge on any atom is -0.396 e. The summed E-state index contributed by atoms with van der Waals surface area (Å²) in [6, 6.07) is 18.0. The Morgan fingerprint density at radius 3 is 2.50 bits per heavy atom. The van der Waals surface area contributed by atoms with Gasteiger partial charge in [0.05, 0.1) is 0 Å². The van der Waals surface area contributed by atoms with E-state index in [-0.39, 0.29) is 18.3 Å². The van der Waals surface area contributed by atoms with Crippen LogP contribution >= 0.6 is 0 Å². The van der Waals surface area contributed by atoms with Gasteiger partial charge < -0.3 is 10.4 Å². The average molecular weight is 402 g/mol. The summed E-state index contributed by atoms with van der Waals surface area (Å²) < 4.78 is 0. The van der Waals surface area contributed by atoms with Gasteiger partial charge in [0.1, 0.15) is 0 Å². The molecule has 3 atom stereocenters. The van der Waals surface area contributed by atoms with E-state index >= 15 is 0 Å². The number of piperidine rings is 1. The van der Waals surface area contributed by atoms with Crippen LogP contribution < -0.4 is 5.32 Å². The largest absolute Gasteiger partial charge is 0.396 e. The molecule has 0 radical (unpaired) electrons. The number of allylic oxidation sites excluding steroid dienone is 4. The predicted molar refractivity (Wildman–Crippen MR) is 122 cm³/mol. The van der Waals surface area contributed by atoms with Gasteiger partial charge in [-0.2, -0.15) is 0 Å². The summed E-state index contributed by atoms with van der Waals surface area (Å²) in [5, 5.41) is 13.3. The number of Topliss-reactive ketones (excluding diaryl/α,β-unsaturated/α-hetero) is 1. The predicted octanol–water partition coefficient (Wildman–Crippen LogP) is 4.82. The van der Waals surface area contributed by atoms with Crippen LogP contribution in [0, 0.1) is 24.7 Å². The molecule has 0 aromatic heterocycles. The van der Waals surface area contributed by atoms with Gasteiger partial charge in [-0.15, -0.1) is 0 Å². The first kappa shape index (κ1) is 20.8. The second kappa shape index (κ2) is 9.55. The molecular formula is C27H31NO2. The van der Waals surface area contributed by atoms with Gasteiger partial charge in [0.15, 0.2) is 5.78 Å². The van der Waals surface area contributed by atoms with Crippen LogP contribution in [-0.2, 0) is 0 Å². The first-order valence-electron chi connectivity index (χ1n) is 11.1. The monoisotopic (exact) mass is 401 g/mol. The van der Waals surface area contributed by atoms with E-state index in [1.165, 1.54) is 18.4 Å². The highest BCUT2D eigenvalue weighted by Crippen LogP contribution is 2.41. The van der Waals surface area contributed by atoms with Crippen molar-refractivity contribution in [2.24, 2.45) is 17.8 Å². The van der Waals surface area contributed by atoms with Crippen molar-refractivity contribution in [1.29, 1.82) is 0 Å². The summed E-state index contributed by atoms with van der Waals surface area (Å²) >= 11 is 0. The van der Waals surface area contributed by atoms with Crippen molar-refractivity contribution in [3.63, 3.8) is 0 Å². The molecule has 0 amide bonds. The highest BCUT2D eigenvalue weighted by molar-refractivity contribution is 6.19. The van der Waals surface area contributed by atoms with Crippen molar-refractivity contribution >= 4 is 11.4 Å². The van der Waals surface area contributed by atoms with Crippen molar-refractivity contribution in [3.8, 4) is 0 Å². The van der Waals surface area contributed by atoms with Gasteiger partial charge in [-0.25, -0.2) is 0 Å². The third kappa shape index (κ3) is 4.48. The van der Waals surface area contributed by atoms with E-state index < -0.39 is 0 Å². The van der Waals surface area contributed by atoms with Gasteiger partial charge in [0.2, 0.25) is 0 Å². The normalized spacial score (nSPS) is 24.1. The number of aliphatic hydroxyl groups excluding tert-OH is 1. The summed E-state index contributed by atoms with van der Waals surface area (Å²) in [5.41, 5.74) is 4.81. The number of carbonyl (C=O) groups excluding carboxylic acids is 1. The van der Waals surface area contributed by atoms with Crippen LogP contribution in [0.3, 0.4) is 0 Å². The van der Waals surface area contributed by atoms with Gasteiger partial charge in [-0.3, -0.25) is 4.79 Å². The van der Waals surface area contributed by atoms with E-state index in [0.717, 1.165) is 29.8 Å². The molecule has 3 unspecified atom stereocenters. The summed E-state index contributed by atoms with van der Waals surface area (Å²) in [6.45, 7) is 4.30. The van der Waals surface area contributed by atoms with E-state index in [1.54, 1.807) is 0 Å². The molecule has 3 nitrogen and oxygen atoms in total. The maximum Gasteiger partial charge on any atom is 0.193 e. The van der Waals surface area contributed by atoms with E-state index in [4.69, 9.17) is 0 Å². The van der Waals surface area contributed by atoms with E-state index in [2.05, 4.69) is 48.7 Å². The summed E-state index contributed by atoms with van der Waals surface area (Å²) in [6.07, 6.45) is 7.54. The molecule has 1 saturated heterocycles. The SMILES string of the molecule is Cc1ccc(C2=CC(C3CCCNC3)C(CCO)C=C2C(=O)c2ccccc2)cc1. The third-order valence-corrected chi connectivity index (χ3v) is 6.51. The minimum atomic E-state index is 0.0607. The maximum absolute atomic E-state index is 13.5. The summed E-state index contributed by atoms with van der Waals surface area (Å²) in [5.74, 6) is 1.09. The van der Waals surface area contributed by atoms with Crippen LogP contribution in [0.25, 0.3) is 5.57 Å². The van der Waals surface area contributed by atoms with Crippen LogP contribution in [0.4, 0.5) is 0 Å². The van der Waals surface area contributed by atoms with Gasteiger partial charge in [-0.05, 0) is 68.2 Å². The molecule has 1 aliphatic heterocycles. The van der Waals surface area contributed by atoms with Crippen LogP contribution in [-0.4, -0.2) is 30.6 Å². The number of hydrogen-bond acceptors (Lipinski definition) is 3. The van der Waals surface area contributed by atoms with Gasteiger partial charge in [0, 0.05) is 17.7 Å². The fraction of sp³-hybridized carbons (Fsp3) is 0.370. The fourth-order valence-electron chi connectivity index (χ4n) is 4.87. The van der Waals surface area contributed by atoms with Crippen molar-refractivity contribution in [3.05, 3.63) is 89.0 Å². The van der Waals surface area contributed by atoms with Gasteiger partial charge in [0.25, 0.3) is 0 Å². The number of nitrogens with one attached hydrogen (secondary N) is 1. The van der Waals surface area contributed by atoms with Gasteiger partial charge in [-0.1, -0.05) is 72.3 Å². The van der Waals surface area contributed by atoms with Crippen molar-refractivity contribution in [1.82, 2.24) is 5.32 Å². The van der Waals surface area contributed by atoms with E-state index in [1.807, 2.05) is 30.3 Å². The molecule has 30 heavy (non-hydrogen) atoms. The molecule has 0 bridgehead atoms. The molecule has 4 rings (SSSR count). The van der Waals surface area contributed by atoms with Crippen LogP contribution in [0.5, 0.6) is 0 Å². The molecule has 2 aromatic carbocycles. The second-order valence-corrected chi connectivity index (χ2v) is 8.58. The zero-order valence-corrected chi connectivity index (χ0v) is 17.7. The molecule has 156 valence electrons. The topological polar surface area (TPSA) is 49.3 Å². The lowest BCUT2D eigenvalue weighted by atomic mass is 9.70. The average Bonchev–Trinajstić information content (AvgIpc) is 2.80. The van der Waals surface area contributed by atoms with Crippen molar-refractivity contribution < 1.29 is 9.90 Å². The summed E-state index contributed by atoms with van der Waals surface area (Å²) in [4.78, 5) is 13.5. The zero-order chi connectivity index (χ0) is 20.9.